The number of amides is 1. The molecule has 1 aromatic carbocycles. The highest BCUT2D eigenvalue weighted by atomic mass is 32.2. The fourth-order valence-corrected chi connectivity index (χ4v) is 3.19. The zero-order valence-electron chi connectivity index (χ0n) is 10.2. The number of benzene rings is 1. The summed E-state index contributed by atoms with van der Waals surface area (Å²) in [6.45, 7) is 1.79. The van der Waals surface area contributed by atoms with Crippen molar-refractivity contribution < 1.29 is 14.4 Å². The summed E-state index contributed by atoms with van der Waals surface area (Å²) < 4.78 is 5.04. The van der Waals surface area contributed by atoms with Crippen LogP contribution in [-0.2, 0) is 4.79 Å². The van der Waals surface area contributed by atoms with Gasteiger partial charge < -0.3 is 9.63 Å². The van der Waals surface area contributed by atoms with Gasteiger partial charge in [-0.1, -0.05) is 17.3 Å². The summed E-state index contributed by atoms with van der Waals surface area (Å²) in [7, 11) is 0. The Morgan fingerprint density at radius 3 is 2.79 bits per heavy atom. The maximum atomic E-state index is 12.0. The minimum absolute atomic E-state index is 0.0105. The molecule has 1 aromatic heterocycles. The van der Waals surface area contributed by atoms with Crippen LogP contribution in [0.4, 0.5) is 5.82 Å². The number of thioether (sulfide) groups is 1. The van der Waals surface area contributed by atoms with E-state index in [4.69, 9.17) is 4.52 Å². The van der Waals surface area contributed by atoms with E-state index < -0.39 is 0 Å². The topological polar surface area (TPSA) is 66.6 Å². The molecule has 1 fully saturated rings. The molecule has 0 spiro atoms. The number of hydrogen-bond acceptors (Lipinski definition) is 5. The number of carbonyl (C=O) groups excluding carboxylic acids is 1. The molecule has 1 amide bonds. The molecule has 1 N–H and O–H groups in total. The molecule has 0 radical (unpaired) electrons. The first-order valence-electron chi connectivity index (χ1n) is 5.81. The van der Waals surface area contributed by atoms with Crippen molar-refractivity contribution >= 4 is 23.5 Å². The van der Waals surface area contributed by atoms with Crippen LogP contribution in [0.3, 0.4) is 0 Å². The second-order valence-corrected chi connectivity index (χ2v) is 5.38. The van der Waals surface area contributed by atoms with Crippen LogP contribution >= 0.6 is 11.8 Å². The molecular weight excluding hydrogens is 264 g/mol. The Bertz CT molecular complexity index is 609. The van der Waals surface area contributed by atoms with Crippen LogP contribution < -0.4 is 4.90 Å². The average Bonchev–Trinajstić information content (AvgIpc) is 2.96. The lowest BCUT2D eigenvalue weighted by atomic mass is 10.2. The molecule has 1 saturated heterocycles. The normalized spacial score (nSPS) is 19.1. The van der Waals surface area contributed by atoms with Crippen LogP contribution in [0.1, 0.15) is 16.7 Å². The first-order chi connectivity index (χ1) is 9.15. The smallest absolute Gasteiger partial charge is 0.239 e. The summed E-state index contributed by atoms with van der Waals surface area (Å²) in [5.74, 6) is 1.84. The molecule has 1 atom stereocenters. The molecule has 0 aliphatic carbocycles. The van der Waals surface area contributed by atoms with E-state index in [1.54, 1.807) is 30.0 Å². The minimum atomic E-state index is -0.127. The number of aromatic hydroxyl groups is 1. The van der Waals surface area contributed by atoms with E-state index in [-0.39, 0.29) is 17.0 Å². The first kappa shape index (κ1) is 12.1. The maximum Gasteiger partial charge on any atom is 0.239 e. The summed E-state index contributed by atoms with van der Waals surface area (Å²) in [4.78, 5) is 13.6. The molecule has 6 heteroatoms. The molecule has 3 rings (SSSR count). The molecule has 98 valence electrons. The van der Waals surface area contributed by atoms with Crippen molar-refractivity contribution in [3.8, 4) is 5.75 Å². The van der Waals surface area contributed by atoms with Crippen molar-refractivity contribution in [2.24, 2.45) is 0 Å². The monoisotopic (exact) mass is 276 g/mol. The van der Waals surface area contributed by atoms with Crippen LogP contribution in [0.5, 0.6) is 5.75 Å². The molecule has 5 nitrogen and oxygen atoms in total. The van der Waals surface area contributed by atoms with Gasteiger partial charge in [0.25, 0.3) is 0 Å². The van der Waals surface area contributed by atoms with E-state index in [2.05, 4.69) is 5.16 Å². The van der Waals surface area contributed by atoms with E-state index in [1.165, 1.54) is 11.8 Å². The maximum absolute atomic E-state index is 12.0. The number of hydrogen-bond donors (Lipinski definition) is 1. The molecule has 19 heavy (non-hydrogen) atoms. The van der Waals surface area contributed by atoms with Crippen LogP contribution in [0.15, 0.2) is 34.9 Å². The lowest BCUT2D eigenvalue weighted by Crippen LogP contribution is -2.28. The van der Waals surface area contributed by atoms with Crippen LogP contribution in [-0.4, -0.2) is 21.9 Å². The lowest BCUT2D eigenvalue weighted by molar-refractivity contribution is -0.115. The van der Waals surface area contributed by atoms with Gasteiger partial charge in [-0.05, 0) is 24.6 Å². The highest BCUT2D eigenvalue weighted by Gasteiger charge is 2.35. The van der Waals surface area contributed by atoms with Gasteiger partial charge in [-0.15, -0.1) is 11.8 Å². The van der Waals surface area contributed by atoms with Gasteiger partial charge >= 0.3 is 0 Å². The first-order valence-corrected chi connectivity index (χ1v) is 6.86. The standard InChI is InChI=1S/C13H12N2O3S/c1-8-6-11(14-18-8)15-12(17)7-19-13(15)9-2-4-10(16)5-3-9/h2-6,13,16H,7H2,1H3. The Kier molecular flexibility index (Phi) is 2.94. The average molecular weight is 276 g/mol. The van der Waals surface area contributed by atoms with Crippen molar-refractivity contribution in [3.63, 3.8) is 0 Å². The zero-order chi connectivity index (χ0) is 13.4. The summed E-state index contributed by atoms with van der Waals surface area (Å²) in [6, 6.07) is 8.60. The number of aryl methyl sites for hydroxylation is 1. The molecule has 0 bridgehead atoms. The van der Waals surface area contributed by atoms with Crippen molar-refractivity contribution in [1.29, 1.82) is 0 Å². The molecule has 1 aliphatic rings. The van der Waals surface area contributed by atoms with Gasteiger partial charge in [0, 0.05) is 6.07 Å². The Balaban J connectivity index is 1.96. The minimum Gasteiger partial charge on any atom is -0.508 e. The Morgan fingerprint density at radius 1 is 1.42 bits per heavy atom. The van der Waals surface area contributed by atoms with Crippen LogP contribution in [0.2, 0.25) is 0 Å². The summed E-state index contributed by atoms with van der Waals surface area (Å²) in [6.07, 6.45) is 0. The molecule has 2 heterocycles. The predicted octanol–water partition coefficient (Wildman–Crippen LogP) is 2.47. The second kappa shape index (κ2) is 4.62. The van der Waals surface area contributed by atoms with E-state index in [9.17, 15) is 9.90 Å². The third-order valence-corrected chi connectivity index (χ3v) is 4.12. The van der Waals surface area contributed by atoms with Crippen molar-refractivity contribution in [1.82, 2.24) is 5.16 Å². The molecule has 1 unspecified atom stereocenters. The molecular formula is C13H12N2O3S. The fourth-order valence-electron chi connectivity index (χ4n) is 2.02. The summed E-state index contributed by atoms with van der Waals surface area (Å²) >= 11 is 1.53. The molecule has 2 aromatic rings. The van der Waals surface area contributed by atoms with E-state index in [0.29, 0.717) is 17.3 Å². The van der Waals surface area contributed by atoms with Crippen molar-refractivity contribution in [3.05, 3.63) is 41.7 Å². The summed E-state index contributed by atoms with van der Waals surface area (Å²) in [5, 5.41) is 13.1. The predicted molar refractivity (Wildman–Crippen MR) is 72.0 cm³/mol. The van der Waals surface area contributed by atoms with Gasteiger partial charge in [0.1, 0.15) is 16.9 Å². The highest BCUT2D eigenvalue weighted by molar-refractivity contribution is 8.00. The van der Waals surface area contributed by atoms with Gasteiger partial charge in [0.2, 0.25) is 5.91 Å². The number of rotatable bonds is 2. The third-order valence-electron chi connectivity index (χ3n) is 2.91. The van der Waals surface area contributed by atoms with E-state index >= 15 is 0 Å². The number of phenolic OH excluding ortho intramolecular Hbond substituents is 1. The molecule has 1 aliphatic heterocycles. The quantitative estimate of drug-likeness (QED) is 0.912. The van der Waals surface area contributed by atoms with Gasteiger partial charge in [-0.2, -0.15) is 0 Å². The van der Waals surface area contributed by atoms with Gasteiger partial charge in [-0.25, -0.2) is 0 Å². The van der Waals surface area contributed by atoms with Crippen molar-refractivity contribution in [2.75, 3.05) is 10.7 Å². The van der Waals surface area contributed by atoms with Gasteiger partial charge in [0.15, 0.2) is 5.82 Å². The third kappa shape index (κ3) is 2.19. The number of nitrogens with zero attached hydrogens (tertiary/aromatic N) is 2. The summed E-state index contributed by atoms with van der Waals surface area (Å²) in [5.41, 5.74) is 0.953. The van der Waals surface area contributed by atoms with Crippen LogP contribution in [0.25, 0.3) is 0 Å². The lowest BCUT2D eigenvalue weighted by Gasteiger charge is -2.21. The Hall–Kier alpha value is -1.95. The number of aromatic nitrogens is 1. The SMILES string of the molecule is Cc1cc(N2C(=O)CSC2c2ccc(O)cc2)no1. The van der Waals surface area contributed by atoms with Gasteiger partial charge in [-0.3, -0.25) is 9.69 Å². The number of anilines is 1. The van der Waals surface area contributed by atoms with E-state index in [0.717, 1.165) is 5.56 Å². The largest absolute Gasteiger partial charge is 0.508 e. The van der Waals surface area contributed by atoms with Gasteiger partial charge in [0.05, 0.1) is 5.75 Å². The van der Waals surface area contributed by atoms with Crippen molar-refractivity contribution in [2.45, 2.75) is 12.3 Å². The van der Waals surface area contributed by atoms with E-state index in [1.807, 2.05) is 12.1 Å². The Labute approximate surface area is 114 Å². The zero-order valence-corrected chi connectivity index (χ0v) is 11.1. The Morgan fingerprint density at radius 2 is 2.16 bits per heavy atom. The van der Waals surface area contributed by atoms with Crippen LogP contribution in [0, 0.1) is 6.92 Å². The fraction of sp³-hybridized carbons (Fsp3) is 0.231. The number of carbonyl (C=O) groups is 1. The molecule has 0 saturated carbocycles. The number of phenols is 1. The highest BCUT2D eigenvalue weighted by Crippen LogP contribution is 2.41. The second-order valence-electron chi connectivity index (χ2n) is 4.31.